The third-order valence-corrected chi connectivity index (χ3v) is 6.55. The predicted octanol–water partition coefficient (Wildman–Crippen LogP) is 2.74. The summed E-state index contributed by atoms with van der Waals surface area (Å²) in [6, 6.07) is 18.2. The average Bonchev–Trinajstić information content (AvgIpc) is 2.97. The molecular formula is C24H29N3O2. The first-order valence-electron chi connectivity index (χ1n) is 10.4. The van der Waals surface area contributed by atoms with Crippen molar-refractivity contribution >= 4 is 17.5 Å². The lowest BCUT2D eigenvalue weighted by Gasteiger charge is -2.35. The maximum atomic E-state index is 13.6. The summed E-state index contributed by atoms with van der Waals surface area (Å²) in [5.74, 6) is 0.0564. The number of carbonyl (C=O) groups excluding carboxylic acids is 2. The van der Waals surface area contributed by atoms with Crippen LogP contribution < -0.4 is 10.2 Å². The number of fused-ring (bicyclic) bond motifs is 1. The molecule has 1 fully saturated rings. The van der Waals surface area contributed by atoms with E-state index in [0.29, 0.717) is 6.42 Å². The van der Waals surface area contributed by atoms with Crippen molar-refractivity contribution in [3.8, 4) is 0 Å². The molecule has 2 aliphatic rings. The first-order valence-corrected chi connectivity index (χ1v) is 10.4. The van der Waals surface area contributed by atoms with E-state index in [-0.39, 0.29) is 24.3 Å². The predicted molar refractivity (Wildman–Crippen MR) is 115 cm³/mol. The molecule has 1 atom stereocenters. The second-order valence-corrected chi connectivity index (χ2v) is 8.29. The molecular weight excluding hydrogens is 362 g/mol. The highest BCUT2D eigenvalue weighted by Gasteiger charge is 2.51. The van der Waals surface area contributed by atoms with E-state index in [4.69, 9.17) is 0 Å². The minimum absolute atomic E-state index is 0.00890. The molecule has 2 aromatic rings. The van der Waals surface area contributed by atoms with E-state index in [2.05, 4.69) is 5.32 Å². The first kappa shape index (κ1) is 19.6. The van der Waals surface area contributed by atoms with Crippen LogP contribution in [0.5, 0.6) is 0 Å². The average molecular weight is 392 g/mol. The molecule has 2 aliphatic heterocycles. The molecule has 0 aromatic heterocycles. The molecule has 1 N–H and O–H groups in total. The number of likely N-dealkylation sites (N-methyl/N-ethyl adjacent to an activating group) is 1. The van der Waals surface area contributed by atoms with Gasteiger partial charge in [-0.25, -0.2) is 0 Å². The summed E-state index contributed by atoms with van der Waals surface area (Å²) in [6.07, 6.45) is 2.64. The normalized spacial score (nSPS) is 21.9. The van der Waals surface area contributed by atoms with Crippen LogP contribution in [0.3, 0.4) is 0 Å². The van der Waals surface area contributed by atoms with E-state index in [1.54, 1.807) is 4.90 Å². The minimum atomic E-state index is -0.856. The van der Waals surface area contributed by atoms with Gasteiger partial charge in [0, 0.05) is 32.2 Å². The van der Waals surface area contributed by atoms with Crippen molar-refractivity contribution in [2.75, 3.05) is 32.1 Å². The van der Waals surface area contributed by atoms with E-state index >= 15 is 0 Å². The Bertz CT molecular complexity index is 892. The number of anilines is 1. The highest BCUT2D eigenvalue weighted by molar-refractivity contribution is 6.09. The van der Waals surface area contributed by atoms with Crippen molar-refractivity contribution in [3.05, 3.63) is 65.7 Å². The lowest BCUT2D eigenvalue weighted by Crippen LogP contribution is -2.48. The molecule has 2 heterocycles. The Kier molecular flexibility index (Phi) is 5.41. The number of rotatable bonds is 5. The van der Waals surface area contributed by atoms with Crippen LogP contribution in [0.15, 0.2) is 54.6 Å². The SMILES string of the molecule is CN1C(=O)C(CC(=O)N(C)C2CCNCC2)(Cc2ccccc2)c2ccccc21. The molecule has 152 valence electrons. The van der Waals surface area contributed by atoms with Gasteiger partial charge < -0.3 is 15.1 Å². The lowest BCUT2D eigenvalue weighted by molar-refractivity contribution is -0.137. The van der Waals surface area contributed by atoms with E-state index < -0.39 is 5.41 Å². The van der Waals surface area contributed by atoms with Gasteiger partial charge in [-0.15, -0.1) is 0 Å². The Morgan fingerprint density at radius 2 is 1.76 bits per heavy atom. The first-order chi connectivity index (χ1) is 14.0. The van der Waals surface area contributed by atoms with Crippen LogP contribution in [0.25, 0.3) is 0 Å². The second kappa shape index (κ2) is 7.99. The van der Waals surface area contributed by atoms with Gasteiger partial charge in [-0.05, 0) is 49.5 Å². The number of nitrogens with zero attached hydrogens (tertiary/aromatic N) is 2. The fraction of sp³-hybridized carbons (Fsp3) is 0.417. The highest BCUT2D eigenvalue weighted by Crippen LogP contribution is 2.45. The summed E-state index contributed by atoms with van der Waals surface area (Å²) < 4.78 is 0. The van der Waals surface area contributed by atoms with Crippen LogP contribution in [0, 0.1) is 0 Å². The number of piperidine rings is 1. The Morgan fingerprint density at radius 1 is 1.10 bits per heavy atom. The molecule has 0 aliphatic carbocycles. The van der Waals surface area contributed by atoms with Crippen molar-refractivity contribution < 1.29 is 9.59 Å². The number of carbonyl (C=O) groups is 2. The van der Waals surface area contributed by atoms with Gasteiger partial charge in [0.1, 0.15) is 0 Å². The minimum Gasteiger partial charge on any atom is -0.343 e. The fourth-order valence-electron chi connectivity index (χ4n) is 4.85. The fourth-order valence-corrected chi connectivity index (χ4v) is 4.85. The summed E-state index contributed by atoms with van der Waals surface area (Å²) in [5, 5.41) is 3.35. The smallest absolute Gasteiger partial charge is 0.238 e. The largest absolute Gasteiger partial charge is 0.343 e. The van der Waals surface area contributed by atoms with Crippen molar-refractivity contribution in [2.45, 2.75) is 37.1 Å². The Hall–Kier alpha value is -2.66. The number of amides is 2. The summed E-state index contributed by atoms with van der Waals surface area (Å²) in [6.45, 7) is 1.86. The lowest BCUT2D eigenvalue weighted by atomic mass is 9.73. The van der Waals surface area contributed by atoms with E-state index in [1.165, 1.54) is 0 Å². The zero-order valence-electron chi connectivity index (χ0n) is 17.2. The van der Waals surface area contributed by atoms with Crippen LogP contribution in [0.1, 0.15) is 30.4 Å². The van der Waals surface area contributed by atoms with Gasteiger partial charge in [0.25, 0.3) is 0 Å². The van der Waals surface area contributed by atoms with Gasteiger partial charge in [-0.2, -0.15) is 0 Å². The standard InChI is InChI=1S/C24H29N3O2/c1-26(19-12-14-25-15-13-19)22(28)17-24(16-18-8-4-3-5-9-18)20-10-6-7-11-21(20)27(2)23(24)29/h3-11,19,25H,12-17H2,1-2H3. The van der Waals surface area contributed by atoms with E-state index in [9.17, 15) is 9.59 Å². The maximum absolute atomic E-state index is 13.6. The van der Waals surface area contributed by atoms with Crippen LogP contribution in [0.4, 0.5) is 5.69 Å². The second-order valence-electron chi connectivity index (χ2n) is 8.29. The van der Waals surface area contributed by atoms with Gasteiger partial charge in [-0.3, -0.25) is 9.59 Å². The third kappa shape index (κ3) is 3.55. The molecule has 5 heteroatoms. The van der Waals surface area contributed by atoms with Crippen molar-refractivity contribution in [1.82, 2.24) is 10.2 Å². The van der Waals surface area contributed by atoms with Crippen LogP contribution in [-0.2, 0) is 21.4 Å². The van der Waals surface area contributed by atoms with Crippen molar-refractivity contribution in [3.63, 3.8) is 0 Å². The van der Waals surface area contributed by atoms with Crippen molar-refractivity contribution in [1.29, 1.82) is 0 Å². The zero-order chi connectivity index (χ0) is 20.4. The molecule has 0 saturated carbocycles. The molecule has 29 heavy (non-hydrogen) atoms. The molecule has 1 saturated heterocycles. The summed E-state index contributed by atoms with van der Waals surface area (Å²) >= 11 is 0. The molecule has 4 rings (SSSR count). The third-order valence-electron chi connectivity index (χ3n) is 6.55. The van der Waals surface area contributed by atoms with Gasteiger partial charge in [0.15, 0.2) is 0 Å². The highest BCUT2D eigenvalue weighted by atomic mass is 16.2. The molecule has 0 spiro atoms. The number of nitrogens with one attached hydrogen (secondary N) is 1. The molecule has 5 nitrogen and oxygen atoms in total. The maximum Gasteiger partial charge on any atom is 0.238 e. The van der Waals surface area contributed by atoms with Gasteiger partial charge in [0.2, 0.25) is 11.8 Å². The number of hydrogen-bond donors (Lipinski definition) is 1. The van der Waals surface area contributed by atoms with Gasteiger partial charge in [-0.1, -0.05) is 48.5 Å². The number of benzene rings is 2. The topological polar surface area (TPSA) is 52.7 Å². The molecule has 1 unspecified atom stereocenters. The molecule has 0 radical (unpaired) electrons. The molecule has 2 amide bonds. The Balaban J connectivity index is 1.70. The summed E-state index contributed by atoms with van der Waals surface area (Å²) in [7, 11) is 3.71. The van der Waals surface area contributed by atoms with Crippen LogP contribution in [0.2, 0.25) is 0 Å². The number of hydrogen-bond acceptors (Lipinski definition) is 3. The van der Waals surface area contributed by atoms with Gasteiger partial charge >= 0.3 is 0 Å². The number of para-hydroxylation sites is 1. The molecule has 0 bridgehead atoms. The van der Waals surface area contributed by atoms with Crippen molar-refractivity contribution in [2.24, 2.45) is 0 Å². The van der Waals surface area contributed by atoms with E-state index in [1.807, 2.05) is 73.6 Å². The Morgan fingerprint density at radius 3 is 2.48 bits per heavy atom. The van der Waals surface area contributed by atoms with E-state index in [0.717, 1.165) is 42.7 Å². The summed E-state index contributed by atoms with van der Waals surface area (Å²) in [4.78, 5) is 30.6. The summed E-state index contributed by atoms with van der Waals surface area (Å²) in [5.41, 5.74) is 2.09. The van der Waals surface area contributed by atoms with Gasteiger partial charge in [0.05, 0.1) is 5.41 Å². The zero-order valence-corrected chi connectivity index (χ0v) is 17.2. The van der Waals surface area contributed by atoms with Crippen LogP contribution in [-0.4, -0.2) is 49.9 Å². The monoisotopic (exact) mass is 391 g/mol. The van der Waals surface area contributed by atoms with Crippen LogP contribution >= 0.6 is 0 Å². The molecule has 2 aromatic carbocycles. The quantitative estimate of drug-likeness (QED) is 0.853. The Labute approximate surface area is 172 Å².